The molecular weight excluding hydrogens is 626 g/mol. The molecule has 1 unspecified atom stereocenters. The molecule has 0 saturated carbocycles. The van der Waals surface area contributed by atoms with E-state index in [-0.39, 0.29) is 24.1 Å². The van der Waals surface area contributed by atoms with Crippen LogP contribution in [0.4, 0.5) is 10.5 Å². The molecule has 250 valence electrons. The van der Waals surface area contributed by atoms with Gasteiger partial charge in [0.1, 0.15) is 24.1 Å². The van der Waals surface area contributed by atoms with Crippen LogP contribution >= 0.6 is 11.6 Å². The molecule has 2 heterocycles. The lowest BCUT2D eigenvalue weighted by Crippen LogP contribution is -2.63. The van der Waals surface area contributed by atoms with Crippen molar-refractivity contribution in [2.75, 3.05) is 23.9 Å². The maximum Gasteiger partial charge on any atom is 0.414 e. The van der Waals surface area contributed by atoms with Gasteiger partial charge in [-0.05, 0) is 31.7 Å². The van der Waals surface area contributed by atoms with E-state index in [9.17, 15) is 24.0 Å². The second-order valence-electron chi connectivity index (χ2n) is 12.0. The van der Waals surface area contributed by atoms with Crippen LogP contribution < -0.4 is 9.64 Å². The van der Waals surface area contributed by atoms with Crippen LogP contribution in [-0.4, -0.2) is 85.3 Å². The molecule has 0 N–H and O–H groups in total. The lowest BCUT2D eigenvalue weighted by molar-refractivity contribution is -0.288. The average molecular weight is 664 g/mol. The molecule has 0 aromatic heterocycles. The van der Waals surface area contributed by atoms with Crippen LogP contribution in [0, 0.1) is 0 Å². The molecule has 1 amide bonds. The minimum absolute atomic E-state index is 0.214. The van der Waals surface area contributed by atoms with Crippen molar-refractivity contribution in [1.82, 2.24) is 0 Å². The Balaban J connectivity index is 1.84. The molecule has 2 aromatic carbocycles. The first kappa shape index (κ1) is 34.8. The van der Waals surface area contributed by atoms with E-state index in [4.69, 9.17) is 44.8 Å². The van der Waals surface area contributed by atoms with Crippen molar-refractivity contribution in [1.29, 1.82) is 0 Å². The molecule has 0 radical (unpaired) electrons. The van der Waals surface area contributed by atoms with Crippen molar-refractivity contribution in [3.8, 4) is 5.75 Å². The number of halogens is 1. The Bertz CT molecular complexity index is 1500. The number of benzene rings is 2. The first-order valence-corrected chi connectivity index (χ1v) is 15.2. The predicted octanol–water partition coefficient (Wildman–Crippen LogP) is 4.38. The van der Waals surface area contributed by atoms with Gasteiger partial charge in [-0.1, -0.05) is 24.3 Å². The number of hydrogen-bond donors (Lipinski definition) is 0. The molecule has 14 heteroatoms. The number of nitrogens with zero attached hydrogens (tertiary/aromatic N) is 1. The summed E-state index contributed by atoms with van der Waals surface area (Å²) >= 11 is 6.39. The molecule has 2 aliphatic rings. The van der Waals surface area contributed by atoms with E-state index in [1.165, 1.54) is 11.8 Å². The Kier molecular flexibility index (Phi) is 10.7. The van der Waals surface area contributed by atoms with E-state index >= 15 is 0 Å². The van der Waals surface area contributed by atoms with Gasteiger partial charge in [0.15, 0.2) is 12.2 Å². The zero-order chi connectivity index (χ0) is 33.9. The average Bonchev–Trinajstić information content (AvgIpc) is 3.32. The normalized spacial score (nSPS) is 24.0. The smallest absolute Gasteiger partial charge is 0.414 e. The summed E-state index contributed by atoms with van der Waals surface area (Å²) in [5, 5.41) is 1.37. The monoisotopic (exact) mass is 663 g/mol. The van der Waals surface area contributed by atoms with Gasteiger partial charge in [0.25, 0.3) is 0 Å². The predicted molar refractivity (Wildman–Crippen MR) is 164 cm³/mol. The molecule has 1 saturated heterocycles. The number of hydrogen-bond acceptors (Lipinski definition) is 12. The Morgan fingerprint density at radius 2 is 1.46 bits per heavy atom. The fourth-order valence-electron chi connectivity index (χ4n) is 5.53. The summed E-state index contributed by atoms with van der Waals surface area (Å²) in [5.74, 6) is -2.69. The summed E-state index contributed by atoms with van der Waals surface area (Å²) in [6.45, 7) is 9.74. The lowest BCUT2D eigenvalue weighted by atomic mass is 9.95. The Hall–Kier alpha value is -4.10. The Morgan fingerprint density at radius 3 is 2.02 bits per heavy atom. The molecule has 0 bridgehead atoms. The summed E-state index contributed by atoms with van der Waals surface area (Å²) in [4.78, 5) is 63.2. The molecule has 2 aliphatic heterocycles. The first-order valence-electron chi connectivity index (χ1n) is 14.7. The van der Waals surface area contributed by atoms with Crippen LogP contribution in [0.5, 0.6) is 5.75 Å². The third-order valence-electron chi connectivity index (χ3n) is 7.12. The van der Waals surface area contributed by atoms with Crippen LogP contribution in [-0.2, 0) is 47.6 Å². The van der Waals surface area contributed by atoms with Crippen LogP contribution in [0.15, 0.2) is 30.3 Å². The zero-order valence-corrected chi connectivity index (χ0v) is 27.5. The van der Waals surface area contributed by atoms with Crippen molar-refractivity contribution in [3.63, 3.8) is 0 Å². The molecular formula is C32H38ClNO12. The molecule has 2 aromatic rings. The van der Waals surface area contributed by atoms with E-state index < -0.39 is 72.9 Å². The summed E-state index contributed by atoms with van der Waals surface area (Å²) in [5.41, 5.74) is 0.561. The fraction of sp³-hybridized carbons (Fsp3) is 0.531. The second-order valence-corrected chi connectivity index (χ2v) is 12.3. The molecule has 1 fully saturated rings. The number of esters is 4. The van der Waals surface area contributed by atoms with Crippen LogP contribution in [0.3, 0.4) is 0 Å². The highest BCUT2D eigenvalue weighted by molar-refractivity contribution is 6.19. The molecule has 6 atom stereocenters. The van der Waals surface area contributed by atoms with E-state index in [2.05, 4.69) is 0 Å². The van der Waals surface area contributed by atoms with Gasteiger partial charge in [-0.25, -0.2) is 4.79 Å². The van der Waals surface area contributed by atoms with Gasteiger partial charge >= 0.3 is 30.0 Å². The Morgan fingerprint density at radius 1 is 0.870 bits per heavy atom. The summed E-state index contributed by atoms with van der Waals surface area (Å²) in [6, 6.07) is 8.94. The number of anilines is 1. The topological polar surface area (TPSA) is 153 Å². The number of fused-ring (bicyclic) bond motifs is 3. The van der Waals surface area contributed by atoms with Crippen molar-refractivity contribution in [3.05, 3.63) is 35.9 Å². The minimum Gasteiger partial charge on any atom is -0.463 e. The van der Waals surface area contributed by atoms with Crippen LogP contribution in [0.2, 0.25) is 0 Å². The number of rotatable bonds is 8. The highest BCUT2D eigenvalue weighted by Gasteiger charge is 2.53. The van der Waals surface area contributed by atoms with Gasteiger partial charge in [-0.3, -0.25) is 24.1 Å². The minimum atomic E-state index is -1.47. The maximum absolute atomic E-state index is 13.3. The molecule has 0 spiro atoms. The zero-order valence-electron chi connectivity index (χ0n) is 26.7. The Labute approximate surface area is 271 Å². The first-order chi connectivity index (χ1) is 21.6. The highest BCUT2D eigenvalue weighted by Crippen LogP contribution is 2.46. The fourth-order valence-corrected chi connectivity index (χ4v) is 5.79. The summed E-state index contributed by atoms with van der Waals surface area (Å²) in [6.07, 6.45) is -7.44. The number of carbonyl (C=O) groups is 5. The quantitative estimate of drug-likeness (QED) is 0.224. The number of amides is 1. The van der Waals surface area contributed by atoms with Crippen molar-refractivity contribution < 1.29 is 57.1 Å². The van der Waals surface area contributed by atoms with Gasteiger partial charge in [-0.15, -0.1) is 11.6 Å². The van der Waals surface area contributed by atoms with Gasteiger partial charge in [0.05, 0.1) is 5.69 Å². The van der Waals surface area contributed by atoms with Crippen molar-refractivity contribution >= 4 is 58.0 Å². The summed E-state index contributed by atoms with van der Waals surface area (Å²) in [7, 11) is 0. The molecule has 4 rings (SSSR count). The molecule has 46 heavy (non-hydrogen) atoms. The van der Waals surface area contributed by atoms with Gasteiger partial charge in [0, 0.05) is 57.5 Å². The molecule has 0 aliphatic carbocycles. The SMILES string of the molecule is CC(=O)OC[C@H]1O[C@H](Oc2cc3c(c4ccccc24)C(CCl)CN3C(=O)OC(C)(C)C)[C@H](OC(C)=O)[C@@H](OC(C)=O)[C@H]1OC(C)=O. The van der Waals surface area contributed by atoms with E-state index in [0.717, 1.165) is 31.7 Å². The van der Waals surface area contributed by atoms with Crippen molar-refractivity contribution in [2.45, 2.75) is 90.7 Å². The van der Waals surface area contributed by atoms with Gasteiger partial charge in [0.2, 0.25) is 12.4 Å². The van der Waals surface area contributed by atoms with Gasteiger partial charge in [-0.2, -0.15) is 0 Å². The van der Waals surface area contributed by atoms with Crippen molar-refractivity contribution in [2.24, 2.45) is 0 Å². The van der Waals surface area contributed by atoms with Crippen LogP contribution in [0.1, 0.15) is 59.9 Å². The third kappa shape index (κ3) is 8.00. The van der Waals surface area contributed by atoms with E-state index in [0.29, 0.717) is 11.1 Å². The largest absolute Gasteiger partial charge is 0.463 e. The molecule has 13 nitrogen and oxygen atoms in total. The lowest BCUT2D eigenvalue weighted by Gasteiger charge is -2.44. The second kappa shape index (κ2) is 14.1. The summed E-state index contributed by atoms with van der Waals surface area (Å²) < 4.78 is 40.0. The van der Waals surface area contributed by atoms with Crippen LogP contribution in [0.25, 0.3) is 10.8 Å². The number of ether oxygens (including phenoxy) is 7. The third-order valence-corrected chi connectivity index (χ3v) is 7.49. The number of carbonyl (C=O) groups excluding carboxylic acids is 5. The van der Waals surface area contributed by atoms with E-state index in [1.54, 1.807) is 39.0 Å². The highest BCUT2D eigenvalue weighted by atomic mass is 35.5. The number of alkyl halides is 1. The maximum atomic E-state index is 13.3. The standard InChI is InChI=1S/C32H38ClNO12/c1-16(35)40-15-25-27(41-17(2)36)28(42-18(3)37)29(43-19(4)38)30(45-25)44-24-12-23-26(22-11-9-8-10-21(22)24)20(13-33)14-34(23)31(39)46-32(5,6)7/h8-12,20,25,27-30H,13-15H2,1-7H3/t20?,25-,27+,28+,29-,30+/m1/s1. The van der Waals surface area contributed by atoms with E-state index in [1.807, 2.05) is 12.1 Å². The van der Waals surface area contributed by atoms with Gasteiger partial charge < -0.3 is 33.2 Å².